The predicted molar refractivity (Wildman–Crippen MR) is 112 cm³/mol. The molecule has 2 aromatic heterocycles. The number of nitrogens with zero attached hydrogens (tertiary/aromatic N) is 5. The second kappa shape index (κ2) is 7.82. The van der Waals surface area contributed by atoms with Crippen molar-refractivity contribution in [3.63, 3.8) is 0 Å². The topological polar surface area (TPSA) is 63.9 Å². The van der Waals surface area contributed by atoms with Crippen LogP contribution in [0.25, 0.3) is 16.7 Å². The molecule has 0 aliphatic rings. The largest absolute Gasteiger partial charge is 0.315 e. The Kier molecular flexibility index (Phi) is 5.08. The highest BCUT2D eigenvalue weighted by molar-refractivity contribution is 8.00. The van der Waals surface area contributed by atoms with Crippen LogP contribution in [-0.4, -0.2) is 38.0 Å². The quantitative estimate of drug-likeness (QED) is 0.382. The van der Waals surface area contributed by atoms with Gasteiger partial charge in [0.1, 0.15) is 11.4 Å². The molecule has 2 heterocycles. The number of carbonyl (C=O) groups is 1. The van der Waals surface area contributed by atoms with Crippen molar-refractivity contribution >= 4 is 34.4 Å². The van der Waals surface area contributed by atoms with Gasteiger partial charge < -0.3 is 4.90 Å². The summed E-state index contributed by atoms with van der Waals surface area (Å²) >= 11 is 1.42. The zero-order valence-electron chi connectivity index (χ0n) is 15.6. The number of amides is 1. The van der Waals surface area contributed by atoms with Crippen LogP contribution in [0.4, 0.5) is 5.69 Å². The lowest BCUT2D eigenvalue weighted by molar-refractivity contribution is -0.117. The van der Waals surface area contributed by atoms with Gasteiger partial charge in [0.25, 0.3) is 0 Å². The Morgan fingerprint density at radius 3 is 2.43 bits per heavy atom. The van der Waals surface area contributed by atoms with Crippen LogP contribution < -0.4 is 4.90 Å². The third-order valence-electron chi connectivity index (χ3n) is 4.44. The average molecular weight is 389 g/mol. The highest BCUT2D eigenvalue weighted by Gasteiger charge is 2.22. The first-order valence-corrected chi connectivity index (χ1v) is 9.76. The molecule has 6 nitrogen and oxygen atoms in total. The molecule has 0 aliphatic carbocycles. The molecule has 0 radical (unpaired) electrons. The Bertz CT molecular complexity index is 1100. The molecule has 1 amide bonds. The van der Waals surface area contributed by atoms with Crippen molar-refractivity contribution in [3.8, 4) is 5.69 Å². The van der Waals surface area contributed by atoms with Crippen LogP contribution in [0, 0.1) is 0 Å². The Hall–Kier alpha value is -3.19. The Morgan fingerprint density at radius 1 is 1.04 bits per heavy atom. The summed E-state index contributed by atoms with van der Waals surface area (Å²) in [6.45, 7) is 1.89. The number of rotatable bonds is 5. The smallest absolute Gasteiger partial charge is 0.239 e. The van der Waals surface area contributed by atoms with E-state index in [-0.39, 0.29) is 11.2 Å². The minimum Gasteiger partial charge on any atom is -0.315 e. The Labute approximate surface area is 167 Å². The van der Waals surface area contributed by atoms with Gasteiger partial charge in [-0.2, -0.15) is 5.10 Å². The van der Waals surface area contributed by atoms with Crippen molar-refractivity contribution in [2.24, 2.45) is 0 Å². The summed E-state index contributed by atoms with van der Waals surface area (Å²) in [4.78, 5) is 23.3. The van der Waals surface area contributed by atoms with Crippen molar-refractivity contribution in [2.75, 3.05) is 11.9 Å². The minimum absolute atomic E-state index is 0.0124. The first-order chi connectivity index (χ1) is 13.6. The maximum atomic E-state index is 12.9. The van der Waals surface area contributed by atoms with E-state index in [1.807, 2.05) is 67.6 Å². The van der Waals surface area contributed by atoms with Crippen molar-refractivity contribution in [1.82, 2.24) is 19.7 Å². The SMILES string of the molecule is CC(Sc1ncnc2c1cnn2-c1ccccc1)C(=O)N(C)c1ccccc1. The summed E-state index contributed by atoms with van der Waals surface area (Å²) in [5, 5.41) is 5.74. The van der Waals surface area contributed by atoms with Gasteiger partial charge in [-0.3, -0.25) is 4.79 Å². The van der Waals surface area contributed by atoms with E-state index in [1.54, 1.807) is 22.8 Å². The standard InChI is InChI=1S/C21H19N5OS/c1-15(21(27)25(2)16-9-5-3-6-10-16)28-20-18-13-24-26(19(18)22-14-23-20)17-11-7-4-8-12-17/h3-15H,1-2H3. The molecule has 0 saturated carbocycles. The minimum atomic E-state index is -0.302. The third-order valence-corrected chi connectivity index (χ3v) is 5.54. The molecule has 0 bridgehead atoms. The zero-order valence-corrected chi connectivity index (χ0v) is 16.4. The van der Waals surface area contributed by atoms with E-state index in [1.165, 1.54) is 18.1 Å². The molecular formula is C21H19N5OS. The van der Waals surface area contributed by atoms with Gasteiger partial charge in [-0.05, 0) is 31.2 Å². The first-order valence-electron chi connectivity index (χ1n) is 8.88. The second-order valence-corrected chi connectivity index (χ2v) is 7.63. The van der Waals surface area contributed by atoms with Crippen LogP contribution in [-0.2, 0) is 4.79 Å². The van der Waals surface area contributed by atoms with E-state index in [4.69, 9.17) is 0 Å². The lowest BCUT2D eigenvalue weighted by Crippen LogP contribution is -2.33. The van der Waals surface area contributed by atoms with E-state index in [2.05, 4.69) is 15.1 Å². The van der Waals surface area contributed by atoms with Crippen LogP contribution >= 0.6 is 11.8 Å². The molecule has 140 valence electrons. The number of hydrogen-bond donors (Lipinski definition) is 0. The molecule has 1 unspecified atom stereocenters. The van der Waals surface area contributed by atoms with Gasteiger partial charge in [0.2, 0.25) is 5.91 Å². The van der Waals surface area contributed by atoms with Crippen molar-refractivity contribution in [3.05, 3.63) is 73.2 Å². The summed E-state index contributed by atoms with van der Waals surface area (Å²) in [5.41, 5.74) is 2.52. The zero-order chi connectivity index (χ0) is 19.5. The molecule has 28 heavy (non-hydrogen) atoms. The van der Waals surface area contributed by atoms with E-state index in [0.29, 0.717) is 0 Å². The summed E-state index contributed by atoms with van der Waals surface area (Å²) in [6, 6.07) is 19.4. The van der Waals surface area contributed by atoms with Crippen molar-refractivity contribution in [1.29, 1.82) is 0 Å². The van der Waals surface area contributed by atoms with Crippen molar-refractivity contribution in [2.45, 2.75) is 17.2 Å². The molecule has 0 N–H and O–H groups in total. The van der Waals surface area contributed by atoms with Gasteiger partial charge >= 0.3 is 0 Å². The number of hydrogen-bond acceptors (Lipinski definition) is 5. The average Bonchev–Trinajstić information content (AvgIpc) is 3.19. The van der Waals surface area contributed by atoms with E-state index < -0.39 is 0 Å². The summed E-state index contributed by atoms with van der Waals surface area (Å²) in [6.07, 6.45) is 3.27. The molecule has 7 heteroatoms. The molecule has 4 rings (SSSR count). The summed E-state index contributed by atoms with van der Waals surface area (Å²) < 4.78 is 1.78. The van der Waals surface area contributed by atoms with Crippen LogP contribution in [0.3, 0.4) is 0 Å². The highest BCUT2D eigenvalue weighted by Crippen LogP contribution is 2.30. The number of aromatic nitrogens is 4. The van der Waals surface area contributed by atoms with Crippen LogP contribution in [0.1, 0.15) is 6.92 Å². The van der Waals surface area contributed by atoms with Crippen LogP contribution in [0.5, 0.6) is 0 Å². The van der Waals surface area contributed by atoms with Gasteiger partial charge in [0.15, 0.2) is 5.65 Å². The lowest BCUT2D eigenvalue weighted by Gasteiger charge is -2.21. The first kappa shape index (κ1) is 18.2. The molecule has 4 aromatic rings. The molecular weight excluding hydrogens is 370 g/mol. The van der Waals surface area contributed by atoms with Gasteiger partial charge in [-0.15, -0.1) is 0 Å². The van der Waals surface area contributed by atoms with E-state index in [0.717, 1.165) is 27.4 Å². The number of benzene rings is 2. The Morgan fingerprint density at radius 2 is 1.71 bits per heavy atom. The maximum Gasteiger partial charge on any atom is 0.239 e. The molecule has 0 saturated heterocycles. The monoisotopic (exact) mass is 389 g/mol. The lowest BCUT2D eigenvalue weighted by atomic mass is 10.3. The Balaban J connectivity index is 1.60. The number of para-hydroxylation sites is 2. The fourth-order valence-corrected chi connectivity index (χ4v) is 3.92. The van der Waals surface area contributed by atoms with E-state index in [9.17, 15) is 4.79 Å². The second-order valence-electron chi connectivity index (χ2n) is 6.30. The maximum absolute atomic E-state index is 12.9. The van der Waals surface area contributed by atoms with Gasteiger partial charge in [0, 0.05) is 12.7 Å². The molecule has 1 atom stereocenters. The fraction of sp³-hybridized carbons (Fsp3) is 0.143. The van der Waals surface area contributed by atoms with Gasteiger partial charge in [0.05, 0.1) is 22.5 Å². The van der Waals surface area contributed by atoms with Crippen molar-refractivity contribution < 1.29 is 4.79 Å². The van der Waals surface area contributed by atoms with Gasteiger partial charge in [-0.1, -0.05) is 48.2 Å². The van der Waals surface area contributed by atoms with Gasteiger partial charge in [-0.25, -0.2) is 14.6 Å². The highest BCUT2D eigenvalue weighted by atomic mass is 32.2. The summed E-state index contributed by atoms with van der Waals surface area (Å²) in [5.74, 6) is 0.0124. The molecule has 0 aliphatic heterocycles. The third kappa shape index (κ3) is 3.48. The van der Waals surface area contributed by atoms with E-state index >= 15 is 0 Å². The van der Waals surface area contributed by atoms with Crippen LogP contribution in [0.2, 0.25) is 0 Å². The number of carbonyl (C=O) groups excluding carboxylic acids is 1. The molecule has 2 aromatic carbocycles. The number of anilines is 1. The number of thioether (sulfide) groups is 1. The molecule has 0 spiro atoms. The normalized spacial score (nSPS) is 12.1. The molecule has 0 fully saturated rings. The number of fused-ring (bicyclic) bond motifs is 1. The summed E-state index contributed by atoms with van der Waals surface area (Å²) in [7, 11) is 1.79. The fourth-order valence-electron chi connectivity index (χ4n) is 2.94. The predicted octanol–water partition coefficient (Wildman–Crippen LogP) is 3.96. The van der Waals surface area contributed by atoms with Crippen LogP contribution in [0.15, 0.2) is 78.2 Å².